The molecule has 0 aliphatic heterocycles. The van der Waals surface area contributed by atoms with Crippen LogP contribution in [0.2, 0.25) is 0 Å². The van der Waals surface area contributed by atoms with E-state index in [2.05, 4.69) is 31.0 Å². The van der Waals surface area contributed by atoms with E-state index >= 15 is 0 Å². The van der Waals surface area contributed by atoms with Crippen LogP contribution < -0.4 is 5.43 Å². The highest BCUT2D eigenvalue weighted by Crippen LogP contribution is 2.23. The lowest BCUT2D eigenvalue weighted by Crippen LogP contribution is -2.23. The molecule has 7 heteroatoms. The van der Waals surface area contributed by atoms with Gasteiger partial charge in [-0.25, -0.2) is 9.78 Å². The minimum atomic E-state index is -0.823. The maximum atomic E-state index is 13.0. The van der Waals surface area contributed by atoms with Crippen molar-refractivity contribution in [1.82, 2.24) is 14.1 Å². The van der Waals surface area contributed by atoms with Gasteiger partial charge >= 0.3 is 5.97 Å². The summed E-state index contributed by atoms with van der Waals surface area (Å²) in [7, 11) is 0. The van der Waals surface area contributed by atoms with Gasteiger partial charge in [-0.15, -0.1) is 0 Å². The molecule has 0 bridgehead atoms. The van der Waals surface area contributed by atoms with E-state index in [9.17, 15) is 14.4 Å². The number of rotatable bonds is 6. The first-order chi connectivity index (χ1) is 16.6. The van der Waals surface area contributed by atoms with Crippen molar-refractivity contribution in [3.8, 4) is 5.69 Å². The Bertz CT molecular complexity index is 1540. The number of Topliss-reactive ketones (excluding diaryl/α,β-unsaturated/α-hetero) is 1. The zero-order chi connectivity index (χ0) is 25.4. The summed E-state index contributed by atoms with van der Waals surface area (Å²) >= 11 is 0. The van der Waals surface area contributed by atoms with Crippen LogP contribution in [0, 0.1) is 34.6 Å². The molecule has 0 aliphatic rings. The fraction of sp³-hybridized carbons (Fsp3) is 0.286. The number of aryl methyl sites for hydroxylation is 5. The van der Waals surface area contributed by atoms with Gasteiger partial charge in [0.2, 0.25) is 11.2 Å². The van der Waals surface area contributed by atoms with E-state index in [1.807, 2.05) is 38.3 Å². The van der Waals surface area contributed by atoms with Crippen LogP contribution in [-0.2, 0) is 11.3 Å². The van der Waals surface area contributed by atoms with Crippen molar-refractivity contribution in [1.29, 1.82) is 0 Å². The molecule has 0 spiro atoms. The first-order valence-corrected chi connectivity index (χ1v) is 11.6. The Hall–Kier alpha value is -4.00. The zero-order valence-corrected chi connectivity index (χ0v) is 20.9. The summed E-state index contributed by atoms with van der Waals surface area (Å²) in [6.07, 6.45) is 1.45. The van der Waals surface area contributed by atoms with Crippen molar-refractivity contribution < 1.29 is 14.3 Å². The number of ketones is 1. The molecular weight excluding hydrogens is 442 g/mol. The third-order valence-electron chi connectivity index (χ3n) is 6.44. The van der Waals surface area contributed by atoms with E-state index < -0.39 is 18.0 Å². The summed E-state index contributed by atoms with van der Waals surface area (Å²) < 4.78 is 9.06. The summed E-state index contributed by atoms with van der Waals surface area (Å²) in [5.41, 5.74) is 6.22. The van der Waals surface area contributed by atoms with Gasteiger partial charge in [0.25, 0.3) is 0 Å². The average Bonchev–Trinajstić information content (AvgIpc) is 3.13. The Morgan fingerprint density at radius 3 is 2.37 bits per heavy atom. The van der Waals surface area contributed by atoms with Gasteiger partial charge in [-0.05, 0) is 83.0 Å². The lowest BCUT2D eigenvalue weighted by Gasteiger charge is -2.12. The van der Waals surface area contributed by atoms with Gasteiger partial charge in [0.1, 0.15) is 11.2 Å². The van der Waals surface area contributed by atoms with E-state index in [0.29, 0.717) is 23.1 Å². The molecule has 4 rings (SSSR count). The third-order valence-corrected chi connectivity index (χ3v) is 6.44. The molecule has 0 atom stereocenters. The minimum absolute atomic E-state index is 0.113. The van der Waals surface area contributed by atoms with Gasteiger partial charge in [-0.1, -0.05) is 6.07 Å². The highest BCUT2D eigenvalue weighted by atomic mass is 16.5. The summed E-state index contributed by atoms with van der Waals surface area (Å²) in [5, 5.41) is 0.343. The summed E-state index contributed by atoms with van der Waals surface area (Å²) in [6, 6.07) is 11.3. The Morgan fingerprint density at radius 1 is 0.943 bits per heavy atom. The average molecular weight is 472 g/mol. The normalized spacial score (nSPS) is 11.1. The van der Waals surface area contributed by atoms with E-state index in [4.69, 9.17) is 4.74 Å². The van der Waals surface area contributed by atoms with Crippen LogP contribution in [0.15, 0.2) is 47.4 Å². The van der Waals surface area contributed by atoms with E-state index in [1.54, 1.807) is 22.8 Å². The monoisotopic (exact) mass is 471 g/mol. The van der Waals surface area contributed by atoms with E-state index in [1.165, 1.54) is 11.8 Å². The summed E-state index contributed by atoms with van der Waals surface area (Å²) in [4.78, 5) is 43.2. The number of fused-ring (bicyclic) bond motifs is 1. The maximum Gasteiger partial charge on any atom is 0.344 e. The predicted molar refractivity (Wildman–Crippen MR) is 136 cm³/mol. The van der Waals surface area contributed by atoms with Gasteiger partial charge in [0.15, 0.2) is 6.61 Å². The molecule has 4 aromatic rings. The quantitative estimate of drug-likeness (QED) is 0.298. The second kappa shape index (κ2) is 9.33. The lowest BCUT2D eigenvalue weighted by atomic mass is 10.1. The highest BCUT2D eigenvalue weighted by molar-refractivity contribution is 6.01. The number of hydrogen-bond acceptors (Lipinski definition) is 5. The molecule has 0 unspecified atom stereocenters. The van der Waals surface area contributed by atoms with Crippen molar-refractivity contribution in [2.75, 3.05) is 6.61 Å². The summed E-state index contributed by atoms with van der Waals surface area (Å²) in [6.45, 7) is 11.7. The standard InChI is InChI=1S/C28H29N3O4/c1-7-30-14-24(26(33)22-11-9-18(4)29-27(22)30)28(34)35-15-25(32)23-13-19(5)31(20(23)6)21-10-8-16(2)17(3)12-21/h8-14H,7,15H2,1-6H3. The molecule has 0 fully saturated rings. The molecule has 3 aromatic heterocycles. The molecule has 7 nitrogen and oxygen atoms in total. The largest absolute Gasteiger partial charge is 0.454 e. The molecule has 0 aliphatic carbocycles. The Balaban J connectivity index is 1.59. The first-order valence-electron chi connectivity index (χ1n) is 11.6. The van der Waals surface area contributed by atoms with E-state index in [-0.39, 0.29) is 11.3 Å². The fourth-order valence-corrected chi connectivity index (χ4v) is 4.34. The Labute approximate surface area is 204 Å². The Kier molecular flexibility index (Phi) is 6.43. The Morgan fingerprint density at radius 2 is 1.69 bits per heavy atom. The second-order valence-corrected chi connectivity index (χ2v) is 8.87. The number of aromatic nitrogens is 3. The molecule has 0 amide bonds. The SMILES string of the molecule is CCn1cc(C(=O)OCC(=O)c2cc(C)n(-c3ccc(C)c(C)c3)c2C)c(=O)c2ccc(C)nc21. The number of pyridine rings is 2. The van der Waals surface area contributed by atoms with Gasteiger partial charge < -0.3 is 13.9 Å². The van der Waals surface area contributed by atoms with Crippen LogP contribution in [0.3, 0.4) is 0 Å². The molecule has 180 valence electrons. The number of carbonyl (C=O) groups is 2. The van der Waals surface area contributed by atoms with Crippen LogP contribution in [0.25, 0.3) is 16.7 Å². The van der Waals surface area contributed by atoms with Crippen LogP contribution in [-0.4, -0.2) is 32.5 Å². The van der Waals surface area contributed by atoms with Crippen molar-refractivity contribution in [3.63, 3.8) is 0 Å². The first kappa shape index (κ1) is 24.1. The topological polar surface area (TPSA) is 83.2 Å². The molecule has 35 heavy (non-hydrogen) atoms. The lowest BCUT2D eigenvalue weighted by molar-refractivity contribution is 0.0472. The van der Waals surface area contributed by atoms with Crippen molar-refractivity contribution in [3.05, 3.63) is 92.2 Å². The molecule has 0 saturated carbocycles. The van der Waals surface area contributed by atoms with Crippen LogP contribution in [0.4, 0.5) is 0 Å². The minimum Gasteiger partial charge on any atom is -0.454 e. The maximum absolute atomic E-state index is 13.0. The van der Waals surface area contributed by atoms with Gasteiger partial charge in [-0.3, -0.25) is 9.59 Å². The number of ether oxygens (including phenoxy) is 1. The molecule has 0 saturated heterocycles. The van der Waals surface area contributed by atoms with Crippen molar-refractivity contribution >= 4 is 22.8 Å². The number of nitrogens with zero attached hydrogens (tertiary/aromatic N) is 3. The summed E-state index contributed by atoms with van der Waals surface area (Å²) in [5.74, 6) is -1.15. The molecule has 1 aromatic carbocycles. The predicted octanol–water partition coefficient (Wildman–Crippen LogP) is 4.79. The number of hydrogen-bond donors (Lipinski definition) is 0. The molecule has 3 heterocycles. The molecule has 0 radical (unpaired) electrons. The van der Waals surface area contributed by atoms with Gasteiger partial charge in [0, 0.05) is 41.1 Å². The fourth-order valence-electron chi connectivity index (χ4n) is 4.34. The molecule has 0 N–H and O–H groups in total. The van der Waals surface area contributed by atoms with Gasteiger partial charge in [0.05, 0.1) is 5.39 Å². The zero-order valence-electron chi connectivity index (χ0n) is 20.9. The third kappa shape index (κ3) is 4.41. The van der Waals surface area contributed by atoms with Crippen molar-refractivity contribution in [2.24, 2.45) is 0 Å². The van der Waals surface area contributed by atoms with Crippen LogP contribution >= 0.6 is 0 Å². The highest BCUT2D eigenvalue weighted by Gasteiger charge is 2.21. The van der Waals surface area contributed by atoms with E-state index in [0.717, 1.165) is 28.3 Å². The molecular formula is C28H29N3O4. The second-order valence-electron chi connectivity index (χ2n) is 8.87. The number of carbonyl (C=O) groups excluding carboxylic acids is 2. The van der Waals surface area contributed by atoms with Crippen LogP contribution in [0.1, 0.15) is 55.8 Å². The van der Waals surface area contributed by atoms with Crippen LogP contribution in [0.5, 0.6) is 0 Å². The number of benzene rings is 1. The van der Waals surface area contributed by atoms with Crippen molar-refractivity contribution in [2.45, 2.75) is 48.1 Å². The smallest absolute Gasteiger partial charge is 0.344 e. The van der Waals surface area contributed by atoms with Gasteiger partial charge in [-0.2, -0.15) is 0 Å². The number of esters is 1.